The average Bonchev–Trinajstić information content (AvgIpc) is 2.95. The lowest BCUT2D eigenvalue weighted by Gasteiger charge is -2.12. The van der Waals surface area contributed by atoms with E-state index in [0.29, 0.717) is 5.69 Å². The van der Waals surface area contributed by atoms with Crippen LogP contribution in [-0.4, -0.2) is 22.1 Å². The summed E-state index contributed by atoms with van der Waals surface area (Å²) in [5.74, 6) is -2.31. The van der Waals surface area contributed by atoms with Gasteiger partial charge in [-0.1, -0.05) is 33.8 Å². The molecule has 0 unspecified atom stereocenters. The van der Waals surface area contributed by atoms with Crippen LogP contribution in [0.5, 0.6) is 5.75 Å². The van der Waals surface area contributed by atoms with Crippen molar-refractivity contribution in [2.45, 2.75) is 33.6 Å². The van der Waals surface area contributed by atoms with Crippen molar-refractivity contribution < 1.29 is 19.8 Å². The highest BCUT2D eigenvalue weighted by Gasteiger charge is 2.65. The van der Waals surface area contributed by atoms with Gasteiger partial charge >= 0.3 is 5.97 Å². The molecule has 114 valence electrons. The Hall–Kier alpha value is -2.04. The molecule has 0 heterocycles. The third kappa shape index (κ3) is 2.73. The van der Waals surface area contributed by atoms with Crippen molar-refractivity contribution in [2.75, 3.05) is 5.32 Å². The quantitative estimate of drug-likeness (QED) is 0.744. The number of anilines is 1. The van der Waals surface area contributed by atoms with Crippen LogP contribution in [0.2, 0.25) is 0 Å². The van der Waals surface area contributed by atoms with E-state index in [0.717, 1.165) is 5.56 Å². The largest absolute Gasteiger partial charge is 0.506 e. The molecule has 1 amide bonds. The van der Waals surface area contributed by atoms with Crippen molar-refractivity contribution >= 4 is 17.6 Å². The number of phenolic OH excluding ortho intramolecular Hbond substituents is 1. The molecule has 21 heavy (non-hydrogen) atoms. The molecule has 1 aromatic rings. The van der Waals surface area contributed by atoms with E-state index in [1.807, 2.05) is 13.8 Å². The fraction of sp³-hybridized carbons (Fsp3) is 0.500. The molecule has 0 aromatic heterocycles. The first-order chi connectivity index (χ1) is 9.66. The fourth-order valence-corrected chi connectivity index (χ4v) is 2.81. The van der Waals surface area contributed by atoms with Crippen LogP contribution in [0.15, 0.2) is 18.2 Å². The Morgan fingerprint density at radius 1 is 1.24 bits per heavy atom. The van der Waals surface area contributed by atoms with Crippen LogP contribution in [0.3, 0.4) is 0 Å². The molecule has 1 aromatic carbocycles. The monoisotopic (exact) mass is 291 g/mol. The number of benzene rings is 1. The van der Waals surface area contributed by atoms with Crippen LogP contribution in [0, 0.1) is 17.3 Å². The summed E-state index contributed by atoms with van der Waals surface area (Å²) in [5.41, 5.74) is 0.771. The Morgan fingerprint density at radius 3 is 2.33 bits per heavy atom. The molecule has 5 heteroatoms. The molecule has 0 bridgehead atoms. The van der Waals surface area contributed by atoms with E-state index in [-0.39, 0.29) is 17.6 Å². The van der Waals surface area contributed by atoms with Gasteiger partial charge in [-0.15, -0.1) is 0 Å². The van der Waals surface area contributed by atoms with E-state index in [4.69, 9.17) is 5.11 Å². The van der Waals surface area contributed by atoms with E-state index in [1.54, 1.807) is 26.0 Å². The second-order valence-electron chi connectivity index (χ2n) is 6.54. The van der Waals surface area contributed by atoms with Gasteiger partial charge in [0.15, 0.2) is 0 Å². The Balaban J connectivity index is 2.18. The minimum Gasteiger partial charge on any atom is -0.506 e. The van der Waals surface area contributed by atoms with Crippen molar-refractivity contribution in [1.29, 1.82) is 0 Å². The van der Waals surface area contributed by atoms with Gasteiger partial charge in [-0.05, 0) is 29.0 Å². The molecular weight excluding hydrogens is 270 g/mol. The van der Waals surface area contributed by atoms with Crippen LogP contribution in [-0.2, 0) is 9.59 Å². The van der Waals surface area contributed by atoms with Crippen molar-refractivity contribution in [3.8, 4) is 5.75 Å². The molecule has 0 spiro atoms. The van der Waals surface area contributed by atoms with E-state index in [9.17, 15) is 14.7 Å². The zero-order valence-corrected chi connectivity index (χ0v) is 12.7. The van der Waals surface area contributed by atoms with Gasteiger partial charge in [-0.25, -0.2) is 0 Å². The van der Waals surface area contributed by atoms with Gasteiger partial charge in [0.05, 0.1) is 17.5 Å². The Bertz CT molecular complexity index is 592. The lowest BCUT2D eigenvalue weighted by Crippen LogP contribution is -2.18. The van der Waals surface area contributed by atoms with Crippen molar-refractivity contribution in [1.82, 2.24) is 0 Å². The summed E-state index contributed by atoms with van der Waals surface area (Å²) in [4.78, 5) is 23.4. The predicted octanol–water partition coefficient (Wildman–Crippen LogP) is 2.81. The summed E-state index contributed by atoms with van der Waals surface area (Å²) in [6, 6.07) is 5.07. The van der Waals surface area contributed by atoms with Crippen LogP contribution >= 0.6 is 0 Å². The molecule has 0 saturated heterocycles. The number of nitrogens with one attached hydrogen (secondary N) is 1. The standard InChI is InChI=1S/C16H21NO4/c1-8(2)9-5-6-11(18)10(7-9)17-14(19)12-13(15(20)21)16(12,3)4/h5-8,12-13,18H,1-4H3,(H,17,19)(H,20,21)/t12-,13-/m1/s1. The number of hydrogen-bond donors (Lipinski definition) is 3. The van der Waals surface area contributed by atoms with Crippen molar-refractivity contribution in [2.24, 2.45) is 17.3 Å². The molecule has 0 aliphatic heterocycles. The van der Waals surface area contributed by atoms with Gasteiger partial charge in [0.25, 0.3) is 0 Å². The molecule has 2 atom stereocenters. The van der Waals surface area contributed by atoms with Gasteiger partial charge in [0, 0.05) is 0 Å². The van der Waals surface area contributed by atoms with Crippen LogP contribution < -0.4 is 5.32 Å². The third-order valence-electron chi connectivity index (χ3n) is 4.32. The highest BCUT2D eigenvalue weighted by atomic mass is 16.4. The summed E-state index contributed by atoms with van der Waals surface area (Å²) in [6.07, 6.45) is 0. The van der Waals surface area contributed by atoms with Crippen LogP contribution in [0.1, 0.15) is 39.2 Å². The zero-order valence-electron chi connectivity index (χ0n) is 12.7. The first-order valence-electron chi connectivity index (χ1n) is 7.02. The highest BCUT2D eigenvalue weighted by molar-refractivity contribution is 6.00. The maximum atomic E-state index is 12.3. The molecule has 1 aliphatic carbocycles. The lowest BCUT2D eigenvalue weighted by molar-refractivity contribution is -0.140. The van der Waals surface area contributed by atoms with E-state index in [2.05, 4.69) is 5.32 Å². The fourth-order valence-electron chi connectivity index (χ4n) is 2.81. The molecular formula is C16H21NO4. The minimum atomic E-state index is -0.958. The van der Waals surface area contributed by atoms with Gasteiger partial charge in [-0.2, -0.15) is 0 Å². The first kappa shape index (κ1) is 15.4. The molecule has 3 N–H and O–H groups in total. The Morgan fingerprint density at radius 2 is 1.86 bits per heavy atom. The predicted molar refractivity (Wildman–Crippen MR) is 79.2 cm³/mol. The van der Waals surface area contributed by atoms with Crippen LogP contribution in [0.4, 0.5) is 5.69 Å². The van der Waals surface area contributed by atoms with Gasteiger partial charge in [0.1, 0.15) is 5.75 Å². The number of hydrogen-bond acceptors (Lipinski definition) is 3. The second-order valence-corrected chi connectivity index (χ2v) is 6.54. The highest BCUT2D eigenvalue weighted by Crippen LogP contribution is 2.58. The smallest absolute Gasteiger partial charge is 0.307 e. The SMILES string of the molecule is CC(C)c1ccc(O)c(NC(=O)[C@H]2[C@H](C(=O)O)C2(C)C)c1. The number of rotatable bonds is 4. The minimum absolute atomic E-state index is 0.0157. The molecule has 1 aliphatic rings. The summed E-state index contributed by atoms with van der Waals surface area (Å²) < 4.78 is 0. The summed E-state index contributed by atoms with van der Waals surface area (Å²) >= 11 is 0. The number of aliphatic carboxylic acids is 1. The molecule has 1 fully saturated rings. The number of carboxylic acid groups (broad SMARTS) is 1. The number of carbonyl (C=O) groups excluding carboxylic acids is 1. The number of carbonyl (C=O) groups is 2. The molecule has 0 radical (unpaired) electrons. The lowest BCUT2D eigenvalue weighted by atomic mass is 10.0. The van der Waals surface area contributed by atoms with E-state index in [1.165, 1.54) is 6.07 Å². The van der Waals surface area contributed by atoms with Gasteiger partial charge in [-0.3, -0.25) is 9.59 Å². The third-order valence-corrected chi connectivity index (χ3v) is 4.32. The number of amides is 1. The van der Waals surface area contributed by atoms with Gasteiger partial charge < -0.3 is 15.5 Å². The molecule has 2 rings (SSSR count). The van der Waals surface area contributed by atoms with Gasteiger partial charge in [0.2, 0.25) is 5.91 Å². The number of carboxylic acids is 1. The number of phenols is 1. The van der Waals surface area contributed by atoms with Crippen molar-refractivity contribution in [3.05, 3.63) is 23.8 Å². The zero-order chi connectivity index (χ0) is 15.9. The number of aromatic hydroxyl groups is 1. The topological polar surface area (TPSA) is 86.6 Å². The van der Waals surface area contributed by atoms with E-state index >= 15 is 0 Å². The maximum absolute atomic E-state index is 12.3. The van der Waals surface area contributed by atoms with Crippen LogP contribution in [0.25, 0.3) is 0 Å². The average molecular weight is 291 g/mol. The Kier molecular flexibility index (Phi) is 3.70. The Labute approximate surface area is 124 Å². The second kappa shape index (κ2) is 5.06. The summed E-state index contributed by atoms with van der Waals surface area (Å²) in [7, 11) is 0. The van der Waals surface area contributed by atoms with E-state index < -0.39 is 23.2 Å². The maximum Gasteiger partial charge on any atom is 0.307 e. The molecule has 5 nitrogen and oxygen atoms in total. The summed E-state index contributed by atoms with van der Waals surface area (Å²) in [5, 5.41) is 21.6. The summed E-state index contributed by atoms with van der Waals surface area (Å²) in [6.45, 7) is 7.56. The van der Waals surface area contributed by atoms with Crippen molar-refractivity contribution in [3.63, 3.8) is 0 Å². The molecule has 1 saturated carbocycles. The normalized spacial score (nSPS) is 22.9. The first-order valence-corrected chi connectivity index (χ1v) is 7.02.